The van der Waals surface area contributed by atoms with Crippen molar-refractivity contribution in [3.63, 3.8) is 0 Å². The molecule has 20 heavy (non-hydrogen) atoms. The van der Waals surface area contributed by atoms with Gasteiger partial charge in [-0.3, -0.25) is 0 Å². The van der Waals surface area contributed by atoms with Crippen molar-refractivity contribution in [2.45, 2.75) is 6.04 Å². The van der Waals surface area contributed by atoms with Gasteiger partial charge in [-0.1, -0.05) is 36.4 Å². The topological polar surface area (TPSA) is 56.0 Å². The van der Waals surface area contributed by atoms with Gasteiger partial charge in [-0.25, -0.2) is 0 Å². The molecule has 1 aliphatic heterocycles. The maximum absolute atomic E-state index is 9.41. The molecule has 1 aromatic carbocycles. The van der Waals surface area contributed by atoms with Crippen LogP contribution in [0, 0.1) is 17.2 Å². The third-order valence-corrected chi connectivity index (χ3v) is 3.56. The molecule has 1 aliphatic carbocycles. The summed E-state index contributed by atoms with van der Waals surface area (Å²) in [6, 6.07) is 9.34. The normalized spacial score (nSPS) is 23.8. The molecule has 3 heteroatoms. The average Bonchev–Trinajstić information content (AvgIpc) is 2.91. The third kappa shape index (κ3) is 2.24. The molecule has 3 nitrogen and oxygen atoms in total. The molecule has 0 aromatic heterocycles. The largest absolute Gasteiger partial charge is 0.508 e. The summed E-state index contributed by atoms with van der Waals surface area (Å²) in [6.45, 7) is 0. The van der Waals surface area contributed by atoms with E-state index in [2.05, 4.69) is 23.5 Å². The lowest BCUT2D eigenvalue weighted by Crippen LogP contribution is -2.25. The molecule has 2 atom stereocenters. The molecular formula is C17H14N2O. The minimum atomic E-state index is 0.211. The van der Waals surface area contributed by atoms with Gasteiger partial charge in [0.2, 0.25) is 0 Å². The van der Waals surface area contributed by atoms with Gasteiger partial charge in [0.15, 0.2) is 0 Å². The van der Waals surface area contributed by atoms with E-state index < -0.39 is 0 Å². The Balaban J connectivity index is 1.91. The van der Waals surface area contributed by atoms with Crippen LogP contribution in [-0.2, 0) is 0 Å². The van der Waals surface area contributed by atoms with Crippen molar-refractivity contribution in [3.8, 4) is 11.8 Å². The van der Waals surface area contributed by atoms with Gasteiger partial charge in [-0.05, 0) is 29.3 Å². The number of nitrogens with zero attached hydrogens (tertiary/aromatic N) is 1. The third-order valence-electron chi connectivity index (χ3n) is 3.56. The Morgan fingerprint density at radius 2 is 1.95 bits per heavy atom. The molecule has 1 aromatic rings. The summed E-state index contributed by atoms with van der Waals surface area (Å²) >= 11 is 0. The van der Waals surface area contributed by atoms with Crippen molar-refractivity contribution in [3.05, 3.63) is 71.5 Å². The van der Waals surface area contributed by atoms with Crippen molar-refractivity contribution in [2.24, 2.45) is 5.92 Å². The van der Waals surface area contributed by atoms with E-state index in [9.17, 15) is 10.4 Å². The van der Waals surface area contributed by atoms with Gasteiger partial charge < -0.3 is 10.4 Å². The molecule has 0 spiro atoms. The minimum Gasteiger partial charge on any atom is -0.508 e. The van der Waals surface area contributed by atoms with E-state index in [-0.39, 0.29) is 17.7 Å². The lowest BCUT2D eigenvalue weighted by atomic mass is 9.87. The summed E-state index contributed by atoms with van der Waals surface area (Å²) in [5.41, 5.74) is 2.56. The molecule has 2 unspecified atom stereocenters. The van der Waals surface area contributed by atoms with Gasteiger partial charge in [0.1, 0.15) is 5.75 Å². The fourth-order valence-electron chi connectivity index (χ4n) is 2.52. The van der Waals surface area contributed by atoms with Gasteiger partial charge in [-0.15, -0.1) is 0 Å². The Morgan fingerprint density at radius 1 is 1.20 bits per heavy atom. The van der Waals surface area contributed by atoms with E-state index >= 15 is 0 Å². The van der Waals surface area contributed by atoms with E-state index in [0.717, 1.165) is 11.1 Å². The molecular weight excluding hydrogens is 248 g/mol. The van der Waals surface area contributed by atoms with Crippen LogP contribution in [0.1, 0.15) is 5.56 Å². The summed E-state index contributed by atoms with van der Waals surface area (Å²) in [6.07, 6.45) is 12.0. The van der Waals surface area contributed by atoms with Crippen LogP contribution < -0.4 is 5.32 Å². The zero-order valence-electron chi connectivity index (χ0n) is 10.8. The second kappa shape index (κ2) is 5.10. The predicted molar refractivity (Wildman–Crippen MR) is 78.5 cm³/mol. The number of hydrogen-bond donors (Lipinski definition) is 2. The number of aromatic hydroxyl groups is 1. The van der Waals surface area contributed by atoms with Crippen molar-refractivity contribution in [1.82, 2.24) is 5.32 Å². The molecule has 2 aliphatic rings. The first-order valence-corrected chi connectivity index (χ1v) is 6.50. The average molecular weight is 262 g/mol. The highest BCUT2D eigenvalue weighted by atomic mass is 16.3. The molecule has 0 fully saturated rings. The van der Waals surface area contributed by atoms with Crippen LogP contribution in [0.15, 0.2) is 65.9 Å². The van der Waals surface area contributed by atoms with Crippen LogP contribution in [0.4, 0.5) is 0 Å². The number of benzene rings is 1. The van der Waals surface area contributed by atoms with Gasteiger partial charge in [0, 0.05) is 12.1 Å². The standard InChI is InChI=1S/C17H14N2O/c18-10-13(9-12-5-7-14(20)8-6-12)16-11-19-17-4-2-1-3-15(16)17/h1-9,11,15,17,19-20H/b13-9+. The summed E-state index contributed by atoms with van der Waals surface area (Å²) in [5, 5.41) is 22.0. The van der Waals surface area contributed by atoms with Crippen LogP contribution in [-0.4, -0.2) is 11.1 Å². The van der Waals surface area contributed by atoms with E-state index in [0.29, 0.717) is 5.57 Å². The highest BCUT2D eigenvalue weighted by Crippen LogP contribution is 2.32. The first-order valence-electron chi connectivity index (χ1n) is 6.50. The van der Waals surface area contributed by atoms with Crippen LogP contribution in [0.25, 0.3) is 6.08 Å². The van der Waals surface area contributed by atoms with E-state index in [4.69, 9.17) is 0 Å². The minimum absolute atomic E-state index is 0.211. The highest BCUT2D eigenvalue weighted by Gasteiger charge is 2.28. The predicted octanol–water partition coefficient (Wildman–Crippen LogP) is 2.90. The fourth-order valence-corrected chi connectivity index (χ4v) is 2.52. The molecule has 1 heterocycles. The van der Waals surface area contributed by atoms with Crippen LogP contribution in [0.3, 0.4) is 0 Å². The lowest BCUT2D eigenvalue weighted by molar-refractivity contribution is 0.475. The lowest BCUT2D eigenvalue weighted by Gasteiger charge is -2.18. The van der Waals surface area contributed by atoms with E-state index in [1.807, 2.05) is 24.4 Å². The smallest absolute Gasteiger partial charge is 0.115 e. The molecule has 0 saturated heterocycles. The van der Waals surface area contributed by atoms with E-state index in [1.165, 1.54) is 0 Å². The van der Waals surface area contributed by atoms with Crippen LogP contribution >= 0.6 is 0 Å². The van der Waals surface area contributed by atoms with Crippen LogP contribution in [0.2, 0.25) is 0 Å². The zero-order chi connectivity index (χ0) is 13.9. The Bertz CT molecular complexity index is 672. The van der Waals surface area contributed by atoms with Gasteiger partial charge in [0.25, 0.3) is 0 Å². The molecule has 0 radical (unpaired) electrons. The fraction of sp³-hybridized carbons (Fsp3) is 0.118. The van der Waals surface area contributed by atoms with Gasteiger partial charge in [0.05, 0.1) is 17.7 Å². The monoisotopic (exact) mass is 262 g/mol. The summed E-state index contributed by atoms with van der Waals surface area (Å²) in [7, 11) is 0. The maximum Gasteiger partial charge on any atom is 0.115 e. The number of rotatable bonds is 2. The summed E-state index contributed by atoms with van der Waals surface area (Å²) < 4.78 is 0. The van der Waals surface area contributed by atoms with Crippen molar-refractivity contribution >= 4 is 6.08 Å². The number of fused-ring (bicyclic) bond motifs is 1. The quantitative estimate of drug-likeness (QED) is 0.806. The number of hydrogen-bond acceptors (Lipinski definition) is 3. The number of phenolic OH excluding ortho intramolecular Hbond substituents is 1. The van der Waals surface area contributed by atoms with Crippen molar-refractivity contribution in [1.29, 1.82) is 5.26 Å². The van der Waals surface area contributed by atoms with Crippen molar-refractivity contribution < 1.29 is 5.11 Å². The van der Waals surface area contributed by atoms with Gasteiger partial charge >= 0.3 is 0 Å². The highest BCUT2D eigenvalue weighted by molar-refractivity contribution is 5.66. The number of phenols is 1. The maximum atomic E-state index is 9.41. The second-order valence-electron chi connectivity index (χ2n) is 4.85. The van der Waals surface area contributed by atoms with E-state index in [1.54, 1.807) is 24.3 Å². The first-order chi connectivity index (χ1) is 9.78. The number of nitrogens with one attached hydrogen (secondary N) is 1. The second-order valence-corrected chi connectivity index (χ2v) is 4.85. The molecule has 0 saturated carbocycles. The molecule has 98 valence electrons. The molecule has 0 bridgehead atoms. The Labute approximate surface area is 117 Å². The molecule has 0 amide bonds. The number of nitriles is 1. The van der Waals surface area contributed by atoms with Gasteiger partial charge in [-0.2, -0.15) is 5.26 Å². The first kappa shape index (κ1) is 12.3. The van der Waals surface area contributed by atoms with Crippen molar-refractivity contribution in [2.75, 3.05) is 0 Å². The summed E-state index contributed by atoms with van der Waals surface area (Å²) in [5.74, 6) is 0.436. The Morgan fingerprint density at radius 3 is 2.70 bits per heavy atom. The van der Waals surface area contributed by atoms with Crippen LogP contribution in [0.5, 0.6) is 5.75 Å². The SMILES string of the molecule is N#C/C(=C\c1ccc(O)cc1)C1=CNC2C=CC=CC12. The summed E-state index contributed by atoms with van der Waals surface area (Å²) in [4.78, 5) is 0. The molecule has 2 N–H and O–H groups in total. The number of allylic oxidation sites excluding steroid dienone is 3. The zero-order valence-corrected chi connectivity index (χ0v) is 10.8. The Hall–Kier alpha value is -2.73. The molecule has 3 rings (SSSR count). The Kier molecular flexibility index (Phi) is 3.14.